The first kappa shape index (κ1) is 19.9. The van der Waals surface area contributed by atoms with Crippen LogP contribution in [0.1, 0.15) is 37.8 Å². The lowest BCUT2D eigenvalue weighted by molar-refractivity contribution is 0.0692. The molecule has 146 valence electrons. The molecule has 8 nitrogen and oxygen atoms in total. The molecule has 0 bridgehead atoms. The van der Waals surface area contributed by atoms with Gasteiger partial charge in [0, 0.05) is 22.7 Å². The Balaban J connectivity index is 1.92. The number of carbonyl (C=O) groups is 2. The molecule has 0 saturated heterocycles. The second kappa shape index (κ2) is 7.65. The Hall–Kier alpha value is -2.84. The van der Waals surface area contributed by atoms with E-state index in [1.54, 1.807) is 36.7 Å². The average molecular weight is 422 g/mol. The molecule has 3 rings (SSSR count). The van der Waals surface area contributed by atoms with E-state index in [0.29, 0.717) is 39.2 Å². The number of aromatic nitrogens is 4. The Labute approximate surface area is 170 Å². The van der Waals surface area contributed by atoms with Gasteiger partial charge in [0.15, 0.2) is 0 Å². The van der Waals surface area contributed by atoms with Gasteiger partial charge in [-0.05, 0) is 26.0 Å². The van der Waals surface area contributed by atoms with Crippen LogP contribution < -0.4 is 5.32 Å². The highest BCUT2D eigenvalue weighted by atomic mass is 35.5. The van der Waals surface area contributed by atoms with Gasteiger partial charge in [-0.1, -0.05) is 29.3 Å². The van der Waals surface area contributed by atoms with Crippen LogP contribution in [-0.2, 0) is 13.6 Å². The van der Waals surface area contributed by atoms with Crippen molar-refractivity contribution < 1.29 is 14.7 Å². The van der Waals surface area contributed by atoms with Crippen molar-refractivity contribution in [3.63, 3.8) is 0 Å². The van der Waals surface area contributed by atoms with E-state index in [1.807, 2.05) is 0 Å². The molecule has 10 heteroatoms. The maximum atomic E-state index is 12.7. The summed E-state index contributed by atoms with van der Waals surface area (Å²) in [4.78, 5) is 24.0. The molecule has 0 aliphatic carbocycles. The Morgan fingerprint density at radius 3 is 2.46 bits per heavy atom. The fourth-order valence-electron chi connectivity index (χ4n) is 2.90. The number of nitrogens with one attached hydrogen (secondary N) is 1. The number of amides is 1. The van der Waals surface area contributed by atoms with Gasteiger partial charge in [0.1, 0.15) is 11.3 Å². The lowest BCUT2D eigenvalue weighted by atomic mass is 10.2. The van der Waals surface area contributed by atoms with Gasteiger partial charge in [-0.2, -0.15) is 10.2 Å². The molecule has 0 aliphatic heterocycles. The molecule has 0 unspecified atom stereocenters. The van der Waals surface area contributed by atoms with Crippen LogP contribution >= 0.6 is 23.2 Å². The van der Waals surface area contributed by atoms with Crippen LogP contribution in [0, 0.1) is 13.8 Å². The van der Waals surface area contributed by atoms with Gasteiger partial charge < -0.3 is 10.4 Å². The smallest absolute Gasteiger partial charge is 0.339 e. The Morgan fingerprint density at radius 1 is 1.21 bits per heavy atom. The summed E-state index contributed by atoms with van der Waals surface area (Å²) >= 11 is 12.5. The normalized spacial score (nSPS) is 10.9. The van der Waals surface area contributed by atoms with Crippen LogP contribution in [-0.4, -0.2) is 36.5 Å². The maximum Gasteiger partial charge on any atom is 0.339 e. The largest absolute Gasteiger partial charge is 0.478 e. The number of carbonyl (C=O) groups excluding carboxylic acids is 1. The first-order valence-electron chi connectivity index (χ1n) is 8.24. The van der Waals surface area contributed by atoms with Crippen LogP contribution in [0.25, 0.3) is 0 Å². The van der Waals surface area contributed by atoms with E-state index in [-0.39, 0.29) is 11.3 Å². The van der Waals surface area contributed by atoms with Crippen molar-refractivity contribution in [3.05, 3.63) is 62.6 Å². The molecular weight excluding hydrogens is 405 g/mol. The van der Waals surface area contributed by atoms with Crippen LogP contribution in [0.4, 0.5) is 5.69 Å². The van der Waals surface area contributed by atoms with Crippen LogP contribution in [0.15, 0.2) is 24.4 Å². The van der Waals surface area contributed by atoms with Crippen molar-refractivity contribution in [1.29, 1.82) is 0 Å². The van der Waals surface area contributed by atoms with Crippen molar-refractivity contribution in [1.82, 2.24) is 19.6 Å². The molecule has 0 spiro atoms. The quantitative estimate of drug-likeness (QED) is 0.655. The van der Waals surface area contributed by atoms with Gasteiger partial charge in [0.25, 0.3) is 5.91 Å². The van der Waals surface area contributed by atoms with Gasteiger partial charge >= 0.3 is 5.97 Å². The van der Waals surface area contributed by atoms with E-state index in [0.717, 1.165) is 6.20 Å². The van der Waals surface area contributed by atoms with E-state index in [1.165, 1.54) is 11.7 Å². The number of halogens is 2. The minimum Gasteiger partial charge on any atom is -0.478 e. The third-order valence-corrected chi connectivity index (χ3v) is 5.08. The summed E-state index contributed by atoms with van der Waals surface area (Å²) in [6.07, 6.45) is 1.14. The molecular formula is C18H17Cl2N5O3. The summed E-state index contributed by atoms with van der Waals surface area (Å²) in [6, 6.07) is 5.24. The molecule has 0 radical (unpaired) electrons. The minimum absolute atomic E-state index is 0.0480. The molecule has 0 atom stereocenters. The number of hydrogen-bond acceptors (Lipinski definition) is 4. The summed E-state index contributed by atoms with van der Waals surface area (Å²) in [6.45, 7) is 3.86. The zero-order valence-corrected chi connectivity index (χ0v) is 16.8. The standard InChI is InChI=1S/C18H17Cl2N5O3/c1-9-15(22-17(26)16-11(18(27)28)7-21-24(16)3)10(2)25(23-9)8-12-13(19)5-4-6-14(12)20/h4-7H,8H2,1-3H3,(H,22,26)(H,27,28). The van der Waals surface area contributed by atoms with Gasteiger partial charge in [-0.15, -0.1) is 0 Å². The molecule has 2 N–H and O–H groups in total. The summed E-state index contributed by atoms with van der Waals surface area (Å²) in [5.74, 6) is -1.81. The SMILES string of the molecule is Cc1nn(Cc2c(Cl)cccc2Cl)c(C)c1NC(=O)c1c(C(=O)O)cnn1C. The van der Waals surface area contributed by atoms with E-state index in [9.17, 15) is 14.7 Å². The third kappa shape index (κ3) is 3.61. The third-order valence-electron chi connectivity index (χ3n) is 4.37. The fraction of sp³-hybridized carbons (Fsp3) is 0.222. The summed E-state index contributed by atoms with van der Waals surface area (Å²) in [7, 11) is 1.50. The monoisotopic (exact) mass is 421 g/mol. The Morgan fingerprint density at radius 2 is 1.86 bits per heavy atom. The van der Waals surface area contributed by atoms with E-state index >= 15 is 0 Å². The predicted octanol–water partition coefficient (Wildman–Crippen LogP) is 3.54. The number of benzene rings is 1. The van der Waals surface area contributed by atoms with E-state index in [4.69, 9.17) is 23.2 Å². The highest BCUT2D eigenvalue weighted by molar-refractivity contribution is 6.36. The zero-order valence-electron chi connectivity index (χ0n) is 15.3. The topological polar surface area (TPSA) is 102 Å². The molecule has 1 amide bonds. The van der Waals surface area contributed by atoms with Crippen LogP contribution in [0.2, 0.25) is 10.0 Å². The molecule has 3 aromatic rings. The summed E-state index contributed by atoms with van der Waals surface area (Å²) in [5, 5.41) is 21.3. The van der Waals surface area contributed by atoms with Crippen molar-refractivity contribution >= 4 is 40.8 Å². The number of carboxylic acids is 1. The van der Waals surface area contributed by atoms with Crippen LogP contribution in [0.3, 0.4) is 0 Å². The lowest BCUT2D eigenvalue weighted by Gasteiger charge is -2.10. The summed E-state index contributed by atoms with van der Waals surface area (Å²) in [5.41, 5.74) is 2.24. The van der Waals surface area contributed by atoms with Crippen molar-refractivity contribution in [2.75, 3.05) is 5.32 Å². The van der Waals surface area contributed by atoms with Crippen molar-refractivity contribution in [2.45, 2.75) is 20.4 Å². The lowest BCUT2D eigenvalue weighted by Crippen LogP contribution is -2.20. The number of aryl methyl sites for hydroxylation is 2. The second-order valence-electron chi connectivity index (χ2n) is 6.19. The number of anilines is 1. The molecule has 0 fully saturated rings. The van der Waals surface area contributed by atoms with Crippen molar-refractivity contribution in [2.24, 2.45) is 7.05 Å². The number of hydrogen-bond donors (Lipinski definition) is 2. The highest BCUT2D eigenvalue weighted by Gasteiger charge is 2.24. The molecule has 1 aromatic carbocycles. The number of aromatic carboxylic acids is 1. The van der Waals surface area contributed by atoms with Gasteiger partial charge in [-0.25, -0.2) is 4.79 Å². The zero-order chi connectivity index (χ0) is 20.6. The van der Waals surface area contributed by atoms with Gasteiger partial charge in [0.2, 0.25) is 0 Å². The van der Waals surface area contributed by atoms with Crippen molar-refractivity contribution in [3.8, 4) is 0 Å². The van der Waals surface area contributed by atoms with Gasteiger partial charge in [0.05, 0.1) is 29.8 Å². The highest BCUT2D eigenvalue weighted by Crippen LogP contribution is 2.27. The Bertz CT molecular complexity index is 1070. The average Bonchev–Trinajstić information content (AvgIpc) is 3.13. The summed E-state index contributed by atoms with van der Waals surface area (Å²) < 4.78 is 2.90. The Kier molecular flexibility index (Phi) is 5.44. The molecule has 2 heterocycles. The van der Waals surface area contributed by atoms with Gasteiger partial charge in [-0.3, -0.25) is 14.2 Å². The fourth-order valence-corrected chi connectivity index (χ4v) is 3.42. The maximum absolute atomic E-state index is 12.7. The van der Waals surface area contributed by atoms with E-state index in [2.05, 4.69) is 15.5 Å². The molecule has 0 aliphatic rings. The minimum atomic E-state index is -1.23. The molecule has 0 saturated carbocycles. The molecule has 2 aromatic heterocycles. The van der Waals surface area contributed by atoms with Crippen LogP contribution in [0.5, 0.6) is 0 Å². The molecule has 28 heavy (non-hydrogen) atoms. The second-order valence-corrected chi connectivity index (χ2v) is 7.01. The number of nitrogens with zero attached hydrogens (tertiary/aromatic N) is 4. The first-order valence-corrected chi connectivity index (χ1v) is 8.99. The van der Waals surface area contributed by atoms with E-state index < -0.39 is 11.9 Å². The number of rotatable bonds is 5. The predicted molar refractivity (Wildman–Crippen MR) is 105 cm³/mol. The number of carboxylic acid groups (broad SMARTS) is 1. The first-order chi connectivity index (χ1) is 13.2.